The van der Waals surface area contributed by atoms with Crippen LogP contribution in [0.15, 0.2) is 29.3 Å². The Morgan fingerprint density at radius 3 is 2.16 bits per heavy atom. The van der Waals surface area contributed by atoms with Crippen molar-refractivity contribution < 1.29 is 14.7 Å². The van der Waals surface area contributed by atoms with Crippen molar-refractivity contribution in [1.29, 1.82) is 0 Å². The normalized spacial score (nSPS) is 40.2. The van der Waals surface area contributed by atoms with Gasteiger partial charge in [-0.15, -0.1) is 0 Å². The second-order valence-electron chi connectivity index (χ2n) is 6.31. The summed E-state index contributed by atoms with van der Waals surface area (Å²) in [5.41, 5.74) is 1.19. The second-order valence-corrected chi connectivity index (χ2v) is 6.72. The molecule has 0 radical (unpaired) electrons. The van der Waals surface area contributed by atoms with E-state index in [9.17, 15) is 0 Å². The van der Waals surface area contributed by atoms with E-state index in [0.29, 0.717) is 0 Å². The van der Waals surface area contributed by atoms with Gasteiger partial charge in [-0.25, -0.2) is 14.7 Å². The second kappa shape index (κ2) is 4.28. The van der Waals surface area contributed by atoms with Crippen LogP contribution in [0.3, 0.4) is 0 Å². The summed E-state index contributed by atoms with van der Waals surface area (Å²) < 4.78 is 0. The van der Waals surface area contributed by atoms with Crippen LogP contribution in [0.4, 0.5) is 0 Å². The van der Waals surface area contributed by atoms with Crippen molar-refractivity contribution in [2.24, 2.45) is 4.99 Å². The van der Waals surface area contributed by atoms with E-state index in [-0.39, 0.29) is 5.54 Å². The van der Waals surface area contributed by atoms with E-state index in [2.05, 4.69) is 0 Å². The van der Waals surface area contributed by atoms with Gasteiger partial charge in [-0.1, -0.05) is 29.8 Å². The topological polar surface area (TPSA) is 25.7 Å². The molecule has 100 valence electrons. The summed E-state index contributed by atoms with van der Waals surface area (Å²) in [6.07, 6.45) is 2.00. The highest BCUT2D eigenvalue weighted by molar-refractivity contribution is 6.33. The summed E-state index contributed by atoms with van der Waals surface area (Å²) in [7, 11) is 0. The third kappa shape index (κ3) is 2.09. The largest absolute Gasteiger partial charge is 0.268 e. The third-order valence-corrected chi connectivity index (χ3v) is 4.96. The first-order chi connectivity index (χ1) is 9.22. The van der Waals surface area contributed by atoms with Crippen LogP contribution in [0.25, 0.3) is 0 Å². The zero-order valence-electron chi connectivity index (χ0n) is 11.0. The van der Waals surface area contributed by atoms with Crippen molar-refractivity contribution in [2.45, 2.75) is 5.54 Å². The third-order valence-electron chi connectivity index (χ3n) is 4.62. The lowest BCUT2D eigenvalue weighted by Crippen LogP contribution is -3.56. The van der Waals surface area contributed by atoms with E-state index in [1.54, 1.807) is 14.7 Å². The molecule has 0 unspecified atom stereocenters. The Bertz CT molecular complexity index is 493. The predicted molar refractivity (Wildman–Crippen MR) is 73.9 cm³/mol. The van der Waals surface area contributed by atoms with Gasteiger partial charge in [0, 0.05) is 16.8 Å². The van der Waals surface area contributed by atoms with Crippen LogP contribution in [0.1, 0.15) is 5.56 Å². The van der Waals surface area contributed by atoms with Gasteiger partial charge in [0.25, 0.3) is 0 Å². The lowest BCUT2D eigenvalue weighted by molar-refractivity contribution is -1.29. The lowest BCUT2D eigenvalue weighted by Gasteiger charge is -2.50. The lowest BCUT2D eigenvalue weighted by atomic mass is 9.91. The Labute approximate surface area is 118 Å². The van der Waals surface area contributed by atoms with E-state index in [1.165, 1.54) is 39.6 Å². The molecule has 0 amide bonds. The number of quaternary nitrogens is 3. The molecule has 0 atom stereocenters. The number of benzene rings is 1. The van der Waals surface area contributed by atoms with Gasteiger partial charge in [-0.3, -0.25) is 4.99 Å². The fraction of sp³-hybridized carbons (Fsp3) is 0.500. The molecule has 0 spiro atoms. The highest BCUT2D eigenvalue weighted by Gasteiger charge is 2.57. The summed E-state index contributed by atoms with van der Waals surface area (Å²) in [6, 6.07) is 7.96. The fourth-order valence-corrected chi connectivity index (χ4v) is 4.31. The van der Waals surface area contributed by atoms with Crippen molar-refractivity contribution in [3.8, 4) is 0 Å². The molecule has 0 saturated carbocycles. The minimum atomic E-state index is 0.147. The van der Waals surface area contributed by atoms with Gasteiger partial charge < -0.3 is 0 Å². The quantitative estimate of drug-likeness (QED) is 0.483. The molecule has 5 rings (SSSR count). The highest BCUT2D eigenvalue weighted by Crippen LogP contribution is 2.15. The van der Waals surface area contributed by atoms with Crippen LogP contribution >= 0.6 is 11.6 Å². The number of aliphatic imine (C=N–C) groups is 1. The van der Waals surface area contributed by atoms with Gasteiger partial charge in [0.2, 0.25) is 25.5 Å². The smallest absolute Gasteiger partial charge is 0.213 e. The van der Waals surface area contributed by atoms with Gasteiger partial charge in [-0.2, -0.15) is 0 Å². The van der Waals surface area contributed by atoms with E-state index in [4.69, 9.17) is 16.6 Å². The molecule has 4 fully saturated rings. The zero-order valence-corrected chi connectivity index (χ0v) is 11.7. The maximum Gasteiger partial charge on any atom is 0.213 e. The van der Waals surface area contributed by atoms with Crippen LogP contribution < -0.4 is 14.7 Å². The molecule has 4 saturated heterocycles. The Kier molecular flexibility index (Phi) is 2.67. The van der Waals surface area contributed by atoms with Crippen LogP contribution in [0, 0.1) is 0 Å². The van der Waals surface area contributed by atoms with Gasteiger partial charge in [0.05, 0.1) is 0 Å². The van der Waals surface area contributed by atoms with Crippen molar-refractivity contribution in [1.82, 2.24) is 0 Å². The van der Waals surface area contributed by atoms with Gasteiger partial charge in [-0.05, 0) is 6.07 Å². The molecule has 4 heterocycles. The molecule has 4 aliphatic heterocycles. The minimum absolute atomic E-state index is 0.147. The van der Waals surface area contributed by atoms with Crippen LogP contribution in [0.2, 0.25) is 5.02 Å². The summed E-state index contributed by atoms with van der Waals surface area (Å²) in [6.45, 7) is 7.44. The van der Waals surface area contributed by atoms with Crippen LogP contribution in [-0.2, 0) is 0 Å². The van der Waals surface area contributed by atoms with Gasteiger partial charge in [0.15, 0.2) is 0 Å². The number of nitrogens with zero attached hydrogens (tertiary/aromatic N) is 1. The van der Waals surface area contributed by atoms with Crippen molar-refractivity contribution in [2.75, 3.05) is 39.6 Å². The summed E-state index contributed by atoms with van der Waals surface area (Å²) in [5.74, 6) is 0. The predicted octanol–water partition coefficient (Wildman–Crippen LogP) is -2.93. The summed E-state index contributed by atoms with van der Waals surface area (Å²) >= 11 is 6.20. The number of nitrogens with one attached hydrogen (secondary N) is 3. The van der Waals surface area contributed by atoms with Crippen LogP contribution in [0.5, 0.6) is 0 Å². The molecule has 4 nitrogen and oxygen atoms in total. The monoisotopic (exact) mass is 279 g/mol. The maximum atomic E-state index is 6.20. The average Bonchev–Trinajstić information content (AvgIpc) is 2.36. The molecular weight excluding hydrogens is 260 g/mol. The van der Waals surface area contributed by atoms with Crippen molar-refractivity contribution in [3.63, 3.8) is 0 Å². The van der Waals surface area contributed by atoms with Gasteiger partial charge in [0.1, 0.15) is 19.6 Å². The molecule has 1 aromatic rings. The molecule has 0 aliphatic carbocycles. The summed E-state index contributed by atoms with van der Waals surface area (Å²) in [4.78, 5) is 10.1. The highest BCUT2D eigenvalue weighted by atomic mass is 35.5. The Morgan fingerprint density at radius 1 is 1.00 bits per heavy atom. The van der Waals surface area contributed by atoms with Gasteiger partial charge >= 0.3 is 0 Å². The van der Waals surface area contributed by atoms with E-state index < -0.39 is 0 Å². The zero-order chi connectivity index (χ0) is 12.9. The SMILES string of the molecule is Clc1ccccc1C=NC12C[NH+]3C[NH+](C[NH+](C3)C1)C2. The first-order valence-electron chi connectivity index (χ1n) is 7.03. The molecule has 1 aromatic carbocycles. The van der Waals surface area contributed by atoms with E-state index in [0.717, 1.165) is 10.6 Å². The first-order valence-corrected chi connectivity index (χ1v) is 7.41. The van der Waals surface area contributed by atoms with Crippen LogP contribution in [-0.4, -0.2) is 51.4 Å². The molecule has 4 bridgehead atoms. The molecule has 19 heavy (non-hydrogen) atoms. The standard InChI is InChI=1S/C14H17ClN4/c15-13-4-2-1-3-12(13)5-16-14-6-17-9-18(7-14)11-19(8-14)10-17/h1-5H,6-11H2/p+3. The molecular formula is C14H20ClN4+3. The Balaban J connectivity index is 1.61. The molecule has 0 aromatic heterocycles. The molecule has 4 aliphatic rings. The van der Waals surface area contributed by atoms with E-state index in [1.807, 2.05) is 30.5 Å². The van der Waals surface area contributed by atoms with Crippen molar-refractivity contribution in [3.05, 3.63) is 34.9 Å². The van der Waals surface area contributed by atoms with Crippen molar-refractivity contribution >= 4 is 17.8 Å². The summed E-state index contributed by atoms with van der Waals surface area (Å²) in [5, 5.41) is 0.795. The maximum absolute atomic E-state index is 6.20. The molecule has 3 N–H and O–H groups in total. The number of hydrogen-bond donors (Lipinski definition) is 3. The number of hydrogen-bond acceptors (Lipinski definition) is 1. The average molecular weight is 280 g/mol. The first kappa shape index (κ1) is 11.9. The fourth-order valence-electron chi connectivity index (χ4n) is 4.13. The number of rotatable bonds is 2. The van der Waals surface area contributed by atoms with E-state index >= 15 is 0 Å². The molecule has 5 heteroatoms. The Hall–Kier alpha value is -0.940. The number of halogens is 1. The Morgan fingerprint density at radius 2 is 1.58 bits per heavy atom. The minimum Gasteiger partial charge on any atom is -0.268 e.